The minimum absolute atomic E-state index is 0.265. The lowest BCUT2D eigenvalue weighted by Crippen LogP contribution is -2.48. The molecular formula is C20H36O2Si. The monoisotopic (exact) mass is 336 g/mol. The Labute approximate surface area is 144 Å². The molecule has 0 aromatic carbocycles. The predicted octanol–water partition coefficient (Wildman–Crippen LogP) is 5.74. The maximum absolute atomic E-state index is 11.0. The third-order valence-corrected chi connectivity index (χ3v) is 11.7. The molecule has 0 amide bonds. The van der Waals surface area contributed by atoms with Crippen LogP contribution in [0.3, 0.4) is 0 Å². The summed E-state index contributed by atoms with van der Waals surface area (Å²) in [6.07, 6.45) is 9.57. The lowest BCUT2D eigenvalue weighted by Gasteiger charge is -2.47. The molecule has 0 heterocycles. The molecule has 0 N–H and O–H groups in total. The molecule has 3 heteroatoms. The summed E-state index contributed by atoms with van der Waals surface area (Å²) in [7, 11) is -1.54. The van der Waals surface area contributed by atoms with E-state index in [9.17, 15) is 4.79 Å². The van der Waals surface area contributed by atoms with E-state index in [2.05, 4.69) is 40.7 Å². The van der Waals surface area contributed by atoms with Crippen molar-refractivity contribution in [2.24, 2.45) is 17.3 Å². The van der Waals surface area contributed by atoms with Gasteiger partial charge in [-0.1, -0.05) is 52.7 Å². The second kappa shape index (κ2) is 7.65. The zero-order valence-electron chi connectivity index (χ0n) is 15.9. The molecule has 23 heavy (non-hydrogen) atoms. The summed E-state index contributed by atoms with van der Waals surface area (Å²) < 4.78 is 6.93. The number of hydrogen-bond acceptors (Lipinski definition) is 2. The van der Waals surface area contributed by atoms with Gasteiger partial charge in [0, 0.05) is 12.5 Å². The van der Waals surface area contributed by atoms with Crippen molar-refractivity contribution in [3.63, 3.8) is 0 Å². The van der Waals surface area contributed by atoms with Crippen molar-refractivity contribution in [1.82, 2.24) is 0 Å². The molecule has 2 rings (SSSR count). The van der Waals surface area contributed by atoms with Crippen LogP contribution in [0.5, 0.6) is 0 Å². The number of allylic oxidation sites excluding steroid dienone is 2. The molecule has 2 aliphatic rings. The fraction of sp³-hybridized carbons (Fsp3) is 0.850. The SMILES string of the molecule is CC[Si](CC)(CC)O[C@H]1CCC[C@]2(C)C(C(C)CC=O)=CC[C@@H]12. The molecule has 2 aliphatic carbocycles. The third-order valence-electron chi connectivity index (χ3n) is 7.02. The fourth-order valence-corrected chi connectivity index (χ4v) is 8.15. The first-order valence-electron chi connectivity index (χ1n) is 9.78. The highest BCUT2D eigenvalue weighted by Gasteiger charge is 2.50. The van der Waals surface area contributed by atoms with Gasteiger partial charge in [0.05, 0.1) is 0 Å². The predicted molar refractivity (Wildman–Crippen MR) is 100 cm³/mol. The minimum atomic E-state index is -1.54. The molecule has 0 aliphatic heterocycles. The Balaban J connectivity index is 2.17. The smallest absolute Gasteiger partial charge is 0.192 e. The largest absolute Gasteiger partial charge is 0.414 e. The highest BCUT2D eigenvalue weighted by molar-refractivity contribution is 6.73. The van der Waals surface area contributed by atoms with Gasteiger partial charge >= 0.3 is 0 Å². The van der Waals surface area contributed by atoms with Gasteiger partial charge in [0.25, 0.3) is 0 Å². The molecule has 0 aromatic rings. The van der Waals surface area contributed by atoms with Gasteiger partial charge in [-0.05, 0) is 54.6 Å². The number of rotatable bonds is 8. The Morgan fingerprint density at radius 1 is 1.35 bits per heavy atom. The Morgan fingerprint density at radius 3 is 2.57 bits per heavy atom. The Bertz CT molecular complexity index is 433. The highest BCUT2D eigenvalue weighted by Crippen LogP contribution is 2.56. The van der Waals surface area contributed by atoms with Gasteiger partial charge in [0.2, 0.25) is 0 Å². The molecule has 1 unspecified atom stereocenters. The van der Waals surface area contributed by atoms with E-state index in [1.54, 1.807) is 5.57 Å². The van der Waals surface area contributed by atoms with Crippen molar-refractivity contribution in [3.8, 4) is 0 Å². The van der Waals surface area contributed by atoms with E-state index in [-0.39, 0.29) is 5.41 Å². The average molecular weight is 337 g/mol. The van der Waals surface area contributed by atoms with Gasteiger partial charge in [-0.25, -0.2) is 0 Å². The van der Waals surface area contributed by atoms with E-state index in [0.29, 0.717) is 24.4 Å². The van der Waals surface area contributed by atoms with Crippen LogP contribution in [0, 0.1) is 17.3 Å². The summed E-state index contributed by atoms with van der Waals surface area (Å²) in [6.45, 7) is 11.6. The van der Waals surface area contributed by atoms with Crippen LogP contribution in [0.1, 0.15) is 66.7 Å². The van der Waals surface area contributed by atoms with Crippen molar-refractivity contribution in [2.75, 3.05) is 0 Å². The van der Waals surface area contributed by atoms with Crippen LogP contribution in [-0.4, -0.2) is 20.7 Å². The van der Waals surface area contributed by atoms with Gasteiger partial charge in [-0.3, -0.25) is 0 Å². The zero-order valence-corrected chi connectivity index (χ0v) is 16.9. The molecule has 0 bridgehead atoms. The first kappa shape index (κ1) is 18.9. The van der Waals surface area contributed by atoms with E-state index >= 15 is 0 Å². The number of hydrogen-bond donors (Lipinski definition) is 0. The van der Waals surface area contributed by atoms with Crippen molar-refractivity contribution in [1.29, 1.82) is 0 Å². The van der Waals surface area contributed by atoms with E-state index in [1.807, 2.05) is 0 Å². The number of carbonyl (C=O) groups excluding carboxylic acids is 1. The van der Waals surface area contributed by atoms with Gasteiger partial charge in [-0.2, -0.15) is 0 Å². The normalized spacial score (nSPS) is 32.3. The van der Waals surface area contributed by atoms with E-state index in [1.165, 1.54) is 37.4 Å². The van der Waals surface area contributed by atoms with Gasteiger partial charge in [-0.15, -0.1) is 0 Å². The van der Waals surface area contributed by atoms with Gasteiger partial charge in [0.1, 0.15) is 6.29 Å². The quantitative estimate of drug-likeness (QED) is 0.321. The van der Waals surface area contributed by atoms with Crippen LogP contribution in [-0.2, 0) is 9.22 Å². The lowest BCUT2D eigenvalue weighted by molar-refractivity contribution is -0.108. The highest BCUT2D eigenvalue weighted by atomic mass is 28.4. The van der Waals surface area contributed by atoms with Crippen molar-refractivity contribution >= 4 is 14.6 Å². The summed E-state index contributed by atoms with van der Waals surface area (Å²) in [5.41, 5.74) is 1.81. The Hall–Kier alpha value is -0.413. The van der Waals surface area contributed by atoms with Crippen molar-refractivity contribution in [3.05, 3.63) is 11.6 Å². The molecule has 0 aromatic heterocycles. The molecule has 2 nitrogen and oxygen atoms in total. The van der Waals surface area contributed by atoms with Gasteiger partial charge < -0.3 is 9.22 Å². The second-order valence-electron chi connectivity index (χ2n) is 8.01. The van der Waals surface area contributed by atoms with Crippen molar-refractivity contribution in [2.45, 2.75) is 91.0 Å². The first-order chi connectivity index (χ1) is 11.0. The van der Waals surface area contributed by atoms with Crippen LogP contribution in [0.25, 0.3) is 0 Å². The summed E-state index contributed by atoms with van der Waals surface area (Å²) in [4.78, 5) is 11.0. The fourth-order valence-electron chi connectivity index (χ4n) is 5.22. The van der Waals surface area contributed by atoms with Crippen LogP contribution in [0.2, 0.25) is 18.1 Å². The lowest BCUT2D eigenvalue weighted by atomic mass is 9.63. The molecule has 0 radical (unpaired) electrons. The van der Waals surface area contributed by atoms with Crippen LogP contribution < -0.4 is 0 Å². The van der Waals surface area contributed by atoms with E-state index in [4.69, 9.17) is 4.43 Å². The maximum Gasteiger partial charge on any atom is 0.192 e. The van der Waals surface area contributed by atoms with E-state index in [0.717, 1.165) is 12.7 Å². The standard InChI is InChI=1S/C20H36O2Si/c1-6-23(7-2,8-3)22-19-10-9-14-20(5)17(11-12-18(19)20)16(4)13-15-21/h11,15-16,18-19H,6-10,12-14H2,1-5H3/t16?,18-,19-,20+/m0/s1. The van der Waals surface area contributed by atoms with Crippen LogP contribution in [0.4, 0.5) is 0 Å². The number of fused-ring (bicyclic) bond motifs is 1. The summed E-state index contributed by atoms with van der Waals surface area (Å²) in [5, 5.41) is 0. The topological polar surface area (TPSA) is 26.3 Å². The van der Waals surface area contributed by atoms with E-state index < -0.39 is 8.32 Å². The minimum Gasteiger partial charge on any atom is -0.414 e. The molecule has 4 atom stereocenters. The summed E-state index contributed by atoms with van der Waals surface area (Å²) in [5.74, 6) is 1.03. The second-order valence-corrected chi connectivity index (χ2v) is 12.7. The number of carbonyl (C=O) groups is 1. The van der Waals surface area contributed by atoms with Gasteiger partial charge in [0.15, 0.2) is 8.32 Å². The molecule has 0 spiro atoms. The van der Waals surface area contributed by atoms with Crippen molar-refractivity contribution < 1.29 is 9.22 Å². The Morgan fingerprint density at radius 2 is 2.00 bits per heavy atom. The third kappa shape index (κ3) is 3.51. The summed E-state index contributed by atoms with van der Waals surface area (Å²) >= 11 is 0. The van der Waals surface area contributed by atoms with Crippen LogP contribution in [0.15, 0.2) is 11.6 Å². The average Bonchev–Trinajstić information content (AvgIpc) is 2.91. The number of aldehydes is 1. The first-order valence-corrected chi connectivity index (χ1v) is 12.3. The molecule has 1 saturated carbocycles. The molecule has 132 valence electrons. The Kier molecular flexibility index (Phi) is 6.29. The molecular weight excluding hydrogens is 300 g/mol. The zero-order chi connectivity index (χ0) is 17.1. The molecule has 0 saturated heterocycles. The summed E-state index contributed by atoms with van der Waals surface area (Å²) in [6, 6.07) is 3.71. The maximum atomic E-state index is 11.0. The molecule has 1 fully saturated rings. The van der Waals surface area contributed by atoms with Crippen LogP contribution >= 0.6 is 0 Å².